The molecule has 0 unspecified atom stereocenters. The number of hydrogen-bond donors (Lipinski definition) is 2. The fraction of sp³-hybridized carbons (Fsp3) is 0.682. The zero-order chi connectivity index (χ0) is 19.0. The van der Waals surface area contributed by atoms with Crippen LogP contribution in [0.3, 0.4) is 0 Å². The Hall–Kier alpha value is -0.860. The van der Waals surface area contributed by atoms with Gasteiger partial charge in [-0.3, -0.25) is 9.89 Å². The van der Waals surface area contributed by atoms with Crippen molar-refractivity contribution < 1.29 is 4.74 Å². The number of halogens is 1. The fourth-order valence-electron chi connectivity index (χ4n) is 3.86. The van der Waals surface area contributed by atoms with E-state index in [9.17, 15) is 0 Å². The fourth-order valence-corrected chi connectivity index (χ4v) is 3.86. The lowest BCUT2D eigenvalue weighted by Crippen LogP contribution is -2.49. The molecule has 1 saturated heterocycles. The second-order valence-electron chi connectivity index (χ2n) is 8.05. The number of rotatable bonds is 9. The molecule has 1 aromatic rings. The van der Waals surface area contributed by atoms with Gasteiger partial charge in [0.05, 0.1) is 0 Å². The normalized spacial score (nSPS) is 19.7. The number of piperidine rings is 1. The van der Waals surface area contributed by atoms with E-state index in [0.717, 1.165) is 51.8 Å². The monoisotopic (exact) mass is 500 g/mol. The molecule has 6 heteroatoms. The number of aliphatic imine (C=N–C) groups is 1. The first-order valence-electron chi connectivity index (χ1n) is 10.5. The number of nitrogens with one attached hydrogen (secondary N) is 2. The highest BCUT2D eigenvalue weighted by molar-refractivity contribution is 14.0. The lowest BCUT2D eigenvalue weighted by Gasteiger charge is -2.33. The zero-order valence-corrected chi connectivity index (χ0v) is 19.8. The summed E-state index contributed by atoms with van der Waals surface area (Å²) in [5, 5.41) is 7.21. The number of ether oxygens (including phenoxy) is 1. The minimum atomic E-state index is 0. The van der Waals surface area contributed by atoms with E-state index in [4.69, 9.17) is 4.74 Å². The second-order valence-corrected chi connectivity index (χ2v) is 8.05. The first-order chi connectivity index (χ1) is 13.2. The molecule has 0 amide bonds. The summed E-state index contributed by atoms with van der Waals surface area (Å²) in [6, 6.07) is 11.3. The first kappa shape index (κ1) is 23.4. The molecule has 0 radical (unpaired) electrons. The summed E-state index contributed by atoms with van der Waals surface area (Å²) in [5.74, 6) is 0.958. The quantitative estimate of drug-likeness (QED) is 0.235. The van der Waals surface area contributed by atoms with Gasteiger partial charge in [-0.2, -0.15) is 0 Å². The molecule has 0 aromatic heterocycles. The van der Waals surface area contributed by atoms with E-state index >= 15 is 0 Å². The van der Waals surface area contributed by atoms with Crippen molar-refractivity contribution >= 4 is 29.9 Å². The molecule has 158 valence electrons. The molecule has 1 heterocycles. The SMILES string of the molecule is CCOCCC1(CNC(=NC)NC2CCN(Cc3ccccc3)CC2)CC1.I. The second kappa shape index (κ2) is 12.0. The average molecular weight is 500 g/mol. The summed E-state index contributed by atoms with van der Waals surface area (Å²) in [5.41, 5.74) is 1.84. The van der Waals surface area contributed by atoms with Crippen molar-refractivity contribution in [3.8, 4) is 0 Å². The van der Waals surface area contributed by atoms with Gasteiger partial charge in [0.2, 0.25) is 0 Å². The number of hydrogen-bond acceptors (Lipinski definition) is 3. The molecule has 3 rings (SSSR count). The summed E-state index contributed by atoms with van der Waals surface area (Å²) >= 11 is 0. The number of nitrogens with zero attached hydrogens (tertiary/aromatic N) is 2. The van der Waals surface area contributed by atoms with Crippen LogP contribution in [0.2, 0.25) is 0 Å². The third-order valence-electron chi connectivity index (χ3n) is 5.97. The van der Waals surface area contributed by atoms with Crippen molar-refractivity contribution in [1.29, 1.82) is 0 Å². The molecule has 1 aliphatic heterocycles. The van der Waals surface area contributed by atoms with E-state index in [1.54, 1.807) is 0 Å². The summed E-state index contributed by atoms with van der Waals surface area (Å²) < 4.78 is 5.54. The molecule has 5 nitrogen and oxygen atoms in total. The Morgan fingerprint density at radius 3 is 2.54 bits per heavy atom. The molecule has 0 spiro atoms. The Labute approximate surface area is 187 Å². The zero-order valence-electron chi connectivity index (χ0n) is 17.5. The van der Waals surface area contributed by atoms with Gasteiger partial charge >= 0.3 is 0 Å². The Morgan fingerprint density at radius 2 is 1.93 bits per heavy atom. The predicted molar refractivity (Wildman–Crippen MR) is 127 cm³/mol. The Bertz CT molecular complexity index is 583. The smallest absolute Gasteiger partial charge is 0.191 e. The molecular formula is C22H37IN4O. The Morgan fingerprint density at radius 1 is 1.21 bits per heavy atom. The highest BCUT2D eigenvalue weighted by Gasteiger charge is 2.42. The third-order valence-corrected chi connectivity index (χ3v) is 5.97. The minimum Gasteiger partial charge on any atom is -0.382 e. The van der Waals surface area contributed by atoms with Gasteiger partial charge in [0, 0.05) is 52.5 Å². The number of benzene rings is 1. The van der Waals surface area contributed by atoms with Crippen molar-refractivity contribution in [3.05, 3.63) is 35.9 Å². The highest BCUT2D eigenvalue weighted by atomic mass is 127. The molecule has 1 saturated carbocycles. The van der Waals surface area contributed by atoms with E-state index in [-0.39, 0.29) is 24.0 Å². The van der Waals surface area contributed by atoms with Gasteiger partial charge < -0.3 is 15.4 Å². The maximum Gasteiger partial charge on any atom is 0.191 e. The molecular weight excluding hydrogens is 463 g/mol. The van der Waals surface area contributed by atoms with Gasteiger partial charge in [0.25, 0.3) is 0 Å². The van der Waals surface area contributed by atoms with Crippen LogP contribution >= 0.6 is 24.0 Å². The standard InChI is InChI=1S/C22H36N4O.HI/c1-3-27-16-13-22(11-12-22)18-24-21(23-2)25-20-9-14-26(15-10-20)17-19-7-5-4-6-8-19;/h4-8,20H,3,9-18H2,1-2H3,(H2,23,24,25);1H. The van der Waals surface area contributed by atoms with Gasteiger partial charge in [-0.1, -0.05) is 30.3 Å². The Kier molecular flexibility index (Phi) is 10.0. The van der Waals surface area contributed by atoms with Gasteiger partial charge in [0.15, 0.2) is 5.96 Å². The van der Waals surface area contributed by atoms with Crippen LogP contribution in [0.5, 0.6) is 0 Å². The van der Waals surface area contributed by atoms with Gasteiger partial charge in [-0.15, -0.1) is 24.0 Å². The van der Waals surface area contributed by atoms with E-state index in [1.807, 2.05) is 7.05 Å². The van der Waals surface area contributed by atoms with Crippen LogP contribution in [-0.4, -0.2) is 56.8 Å². The van der Waals surface area contributed by atoms with E-state index in [0.29, 0.717) is 11.5 Å². The first-order valence-corrected chi connectivity index (χ1v) is 10.5. The molecule has 2 N–H and O–H groups in total. The van der Waals surface area contributed by atoms with Crippen LogP contribution in [0.25, 0.3) is 0 Å². The van der Waals surface area contributed by atoms with Crippen molar-refractivity contribution in [2.75, 3.05) is 39.9 Å². The minimum absolute atomic E-state index is 0. The van der Waals surface area contributed by atoms with Crippen molar-refractivity contribution in [1.82, 2.24) is 15.5 Å². The van der Waals surface area contributed by atoms with Gasteiger partial charge in [0.1, 0.15) is 0 Å². The van der Waals surface area contributed by atoms with Gasteiger partial charge in [-0.25, -0.2) is 0 Å². The average Bonchev–Trinajstić information content (AvgIpc) is 3.47. The van der Waals surface area contributed by atoms with Crippen LogP contribution in [0.15, 0.2) is 35.3 Å². The number of guanidine groups is 1. The van der Waals surface area contributed by atoms with Crippen LogP contribution in [-0.2, 0) is 11.3 Å². The molecule has 1 aliphatic carbocycles. The van der Waals surface area contributed by atoms with Crippen molar-refractivity contribution in [2.24, 2.45) is 10.4 Å². The number of likely N-dealkylation sites (tertiary alicyclic amines) is 1. The lowest BCUT2D eigenvalue weighted by molar-refractivity contribution is 0.128. The third kappa shape index (κ3) is 7.52. The lowest BCUT2D eigenvalue weighted by atomic mass is 10.0. The van der Waals surface area contributed by atoms with Crippen LogP contribution in [0.1, 0.15) is 44.6 Å². The van der Waals surface area contributed by atoms with E-state index in [2.05, 4.69) is 57.8 Å². The van der Waals surface area contributed by atoms with Crippen molar-refractivity contribution in [3.63, 3.8) is 0 Å². The highest BCUT2D eigenvalue weighted by Crippen LogP contribution is 2.48. The maximum absolute atomic E-state index is 5.54. The maximum atomic E-state index is 5.54. The van der Waals surface area contributed by atoms with Crippen LogP contribution < -0.4 is 10.6 Å². The predicted octanol–water partition coefficient (Wildman–Crippen LogP) is 3.64. The molecule has 2 fully saturated rings. The van der Waals surface area contributed by atoms with Crippen LogP contribution in [0.4, 0.5) is 0 Å². The van der Waals surface area contributed by atoms with Gasteiger partial charge in [-0.05, 0) is 50.0 Å². The van der Waals surface area contributed by atoms with E-state index in [1.165, 1.54) is 31.2 Å². The molecule has 2 aliphatic rings. The molecule has 1 aromatic carbocycles. The Balaban J connectivity index is 0.00000280. The summed E-state index contributed by atoms with van der Waals surface area (Å²) in [6.45, 7) is 8.10. The summed E-state index contributed by atoms with van der Waals surface area (Å²) in [6.07, 6.45) is 6.11. The molecule has 28 heavy (non-hydrogen) atoms. The summed E-state index contributed by atoms with van der Waals surface area (Å²) in [4.78, 5) is 7.00. The van der Waals surface area contributed by atoms with E-state index < -0.39 is 0 Å². The van der Waals surface area contributed by atoms with Crippen molar-refractivity contribution in [2.45, 2.75) is 51.6 Å². The summed E-state index contributed by atoms with van der Waals surface area (Å²) in [7, 11) is 1.87. The molecule has 0 bridgehead atoms. The van der Waals surface area contributed by atoms with Crippen LogP contribution in [0, 0.1) is 5.41 Å². The topological polar surface area (TPSA) is 48.9 Å². The molecule has 0 atom stereocenters. The largest absolute Gasteiger partial charge is 0.382 e.